The lowest BCUT2D eigenvalue weighted by molar-refractivity contribution is -0.132. The van der Waals surface area contributed by atoms with Gasteiger partial charge in [-0.05, 0) is 38.2 Å². The summed E-state index contributed by atoms with van der Waals surface area (Å²) in [6.45, 7) is 6.72. The van der Waals surface area contributed by atoms with Gasteiger partial charge in [-0.3, -0.25) is 9.59 Å². The number of hydrogen-bond donors (Lipinski definition) is 4. The number of Topliss-reactive ketones (excluding diaryl/α,β-unsaturated/α-hetero) is 1. The maximum atomic E-state index is 12.6. The summed E-state index contributed by atoms with van der Waals surface area (Å²) >= 11 is 0. The van der Waals surface area contributed by atoms with Crippen LogP contribution in [0.5, 0.6) is 0 Å². The zero-order valence-electron chi connectivity index (χ0n) is 24.6. The fourth-order valence-electron chi connectivity index (χ4n) is 4.49. The third kappa shape index (κ3) is 10.3. The Morgan fingerprint density at radius 1 is 1.10 bits per heavy atom. The van der Waals surface area contributed by atoms with E-state index in [1.54, 1.807) is 19.9 Å². The average molecular weight is 579 g/mol. The molecule has 1 rings (SSSR count). The minimum Gasteiger partial charge on any atom is -0.492 e. The third-order valence-electron chi connectivity index (χ3n) is 6.71. The van der Waals surface area contributed by atoms with Gasteiger partial charge in [0.15, 0.2) is 11.9 Å². The molecule has 0 saturated heterocycles. The van der Waals surface area contributed by atoms with Gasteiger partial charge in [-0.15, -0.1) is 0 Å². The van der Waals surface area contributed by atoms with E-state index in [1.807, 2.05) is 6.92 Å². The second kappa shape index (κ2) is 16.5. The highest BCUT2D eigenvalue weighted by molar-refractivity contribution is 6.21. The van der Waals surface area contributed by atoms with Crippen LogP contribution in [0.4, 0.5) is 4.79 Å². The number of carbonyl (C=O) groups is 4. The van der Waals surface area contributed by atoms with Gasteiger partial charge in [-0.2, -0.15) is 0 Å². The predicted octanol–water partition coefficient (Wildman–Crippen LogP) is 2.32. The van der Waals surface area contributed by atoms with Crippen molar-refractivity contribution in [3.63, 3.8) is 0 Å². The minimum atomic E-state index is -1.08. The Balaban J connectivity index is 3.11. The van der Waals surface area contributed by atoms with Crippen molar-refractivity contribution in [2.75, 3.05) is 21.3 Å². The van der Waals surface area contributed by atoms with E-state index >= 15 is 0 Å². The van der Waals surface area contributed by atoms with Crippen molar-refractivity contribution in [2.45, 2.75) is 65.0 Å². The summed E-state index contributed by atoms with van der Waals surface area (Å²) in [5.41, 5.74) is 11.6. The van der Waals surface area contributed by atoms with Gasteiger partial charge in [0.2, 0.25) is 11.6 Å². The monoisotopic (exact) mass is 578 g/mol. The Hall–Kier alpha value is -3.74. The molecule has 0 spiro atoms. The number of methoxy groups -OCH3 is 3. The van der Waals surface area contributed by atoms with E-state index in [4.69, 9.17) is 35.5 Å². The molecule has 0 fully saturated rings. The lowest BCUT2D eigenvalue weighted by Gasteiger charge is -2.29. The van der Waals surface area contributed by atoms with E-state index in [-0.39, 0.29) is 34.9 Å². The van der Waals surface area contributed by atoms with E-state index in [2.05, 4.69) is 0 Å². The summed E-state index contributed by atoms with van der Waals surface area (Å²) in [4.78, 5) is 47.5. The van der Waals surface area contributed by atoms with E-state index in [0.29, 0.717) is 12.0 Å². The molecule has 0 saturated carbocycles. The lowest BCUT2D eigenvalue weighted by atomic mass is 9.85. The normalized spacial score (nSPS) is 19.4. The molecule has 228 valence electrons. The number of aliphatic carboxylic acids is 1. The quantitative estimate of drug-likeness (QED) is 0.0907. The number of primary amides is 1. The molecule has 0 aromatic carbocycles. The first-order valence-corrected chi connectivity index (χ1v) is 13.0. The highest BCUT2D eigenvalue weighted by Gasteiger charge is 2.32. The molecule has 12 heteroatoms. The Morgan fingerprint density at radius 3 is 2.24 bits per heavy atom. The highest BCUT2D eigenvalue weighted by Crippen LogP contribution is 2.28. The van der Waals surface area contributed by atoms with Gasteiger partial charge in [0.05, 0.1) is 25.0 Å². The third-order valence-corrected chi connectivity index (χ3v) is 6.71. The van der Waals surface area contributed by atoms with Crippen molar-refractivity contribution in [1.82, 2.24) is 0 Å². The van der Waals surface area contributed by atoms with Crippen LogP contribution in [0.25, 0.3) is 0 Å². The Kier molecular flexibility index (Phi) is 14.2. The van der Waals surface area contributed by atoms with Crippen molar-refractivity contribution in [1.29, 1.82) is 0 Å². The fourth-order valence-corrected chi connectivity index (χ4v) is 4.49. The molecule has 0 bridgehead atoms. The van der Waals surface area contributed by atoms with Gasteiger partial charge in [0.1, 0.15) is 6.10 Å². The molecule has 6 atom stereocenters. The van der Waals surface area contributed by atoms with Crippen molar-refractivity contribution in [2.24, 2.45) is 23.3 Å². The first-order chi connectivity index (χ1) is 19.2. The summed E-state index contributed by atoms with van der Waals surface area (Å²) in [5, 5.41) is 20.2. The predicted molar refractivity (Wildman–Crippen MR) is 150 cm³/mol. The molecular formula is C29H42N2O10. The van der Waals surface area contributed by atoms with Gasteiger partial charge < -0.3 is 40.6 Å². The number of aliphatic hydroxyl groups excluding tert-OH is 1. The zero-order chi connectivity index (χ0) is 31.4. The smallest absolute Gasteiger partial charge is 0.405 e. The number of amides is 1. The molecule has 41 heavy (non-hydrogen) atoms. The molecule has 0 unspecified atom stereocenters. The number of carbonyl (C=O) groups excluding carboxylic acids is 3. The maximum absolute atomic E-state index is 12.6. The maximum Gasteiger partial charge on any atom is 0.405 e. The van der Waals surface area contributed by atoms with Crippen molar-refractivity contribution < 1.29 is 48.3 Å². The second-order valence-corrected chi connectivity index (χ2v) is 9.98. The van der Waals surface area contributed by atoms with Gasteiger partial charge in [0.25, 0.3) is 0 Å². The first-order valence-electron chi connectivity index (χ1n) is 13.0. The van der Waals surface area contributed by atoms with Crippen LogP contribution in [-0.4, -0.2) is 79.6 Å². The van der Waals surface area contributed by atoms with Crippen LogP contribution >= 0.6 is 0 Å². The van der Waals surface area contributed by atoms with Crippen molar-refractivity contribution in [3.8, 4) is 0 Å². The molecule has 1 aliphatic carbocycles. The fraction of sp³-hybridized carbons (Fsp3) is 0.517. The molecule has 0 heterocycles. The Morgan fingerprint density at radius 2 is 1.73 bits per heavy atom. The Labute approximate surface area is 240 Å². The van der Waals surface area contributed by atoms with Crippen LogP contribution in [-0.2, 0) is 33.3 Å². The number of hydrogen-bond acceptors (Lipinski definition) is 10. The number of ketones is 2. The summed E-state index contributed by atoms with van der Waals surface area (Å²) in [5.74, 6) is -2.77. The van der Waals surface area contributed by atoms with Crippen LogP contribution in [0, 0.1) is 11.8 Å². The van der Waals surface area contributed by atoms with Gasteiger partial charge in [0, 0.05) is 37.4 Å². The number of nitrogens with two attached hydrogens (primary N) is 2. The number of allylic oxidation sites excluding steroid dienone is 4. The molecule has 1 aliphatic rings. The van der Waals surface area contributed by atoms with Crippen LogP contribution in [0.2, 0.25) is 0 Å². The van der Waals surface area contributed by atoms with Gasteiger partial charge in [-0.1, -0.05) is 38.2 Å². The van der Waals surface area contributed by atoms with E-state index < -0.39 is 54.0 Å². The second-order valence-electron chi connectivity index (χ2n) is 9.98. The topological polar surface area (TPSA) is 198 Å². The van der Waals surface area contributed by atoms with Gasteiger partial charge in [-0.25, -0.2) is 9.59 Å². The summed E-state index contributed by atoms with van der Waals surface area (Å²) in [6.07, 6.45) is 3.17. The summed E-state index contributed by atoms with van der Waals surface area (Å²) in [7, 11) is 4.16. The van der Waals surface area contributed by atoms with Gasteiger partial charge >= 0.3 is 12.1 Å². The number of aliphatic hydroxyl groups is 1. The van der Waals surface area contributed by atoms with E-state index in [0.717, 1.165) is 6.08 Å². The van der Waals surface area contributed by atoms with Crippen LogP contribution in [0.15, 0.2) is 58.6 Å². The average Bonchev–Trinajstić information content (AvgIpc) is 2.90. The number of carboxylic acid groups (broad SMARTS) is 1. The zero-order valence-corrected chi connectivity index (χ0v) is 24.6. The minimum absolute atomic E-state index is 0.0478. The van der Waals surface area contributed by atoms with Crippen LogP contribution in [0.1, 0.15) is 40.5 Å². The molecule has 6 N–H and O–H groups in total. The molecule has 1 amide bonds. The van der Waals surface area contributed by atoms with E-state index in [1.165, 1.54) is 46.5 Å². The van der Waals surface area contributed by atoms with E-state index in [9.17, 15) is 24.3 Å². The standard InChI is InChI=1S/C29H42N2O10/c1-15(11-19-25(34)20(30)14-21(32)27(19)40-7)12-23(39-6)24(33)17(3)13-18(4)26(41-29(31)37)22(38-5)10-8-9-16(2)28(35)36/h8-10,13-15,17,22-24,26,33H,11-12,30H2,1-7H3,(H2,31,37)(H,35,36)/b10-8-,16-9+,18-13+/t15-,17+,22+,23+,24-,26+/m1/s1. The number of carboxylic acids is 1. The molecular weight excluding hydrogens is 536 g/mol. The SMILES string of the molecule is COC1=C(C[C@@H](C)C[C@H](OC)[C@H](O)[C@@H](C)/C=C(\C)[C@H](OC(N)=O)[C@H](/C=C\C=C(/C)C(=O)O)OC)C(=O)C(N)=CC1=O. The molecule has 0 aliphatic heterocycles. The van der Waals surface area contributed by atoms with Crippen LogP contribution < -0.4 is 11.5 Å². The highest BCUT2D eigenvalue weighted by atomic mass is 16.6. The summed E-state index contributed by atoms with van der Waals surface area (Å²) in [6, 6.07) is 0. The lowest BCUT2D eigenvalue weighted by Crippen LogP contribution is -2.37. The molecule has 0 radical (unpaired) electrons. The Bertz CT molecular complexity index is 1130. The number of rotatable bonds is 16. The molecule has 12 nitrogen and oxygen atoms in total. The van der Waals surface area contributed by atoms with Crippen molar-refractivity contribution >= 4 is 23.6 Å². The van der Waals surface area contributed by atoms with Crippen molar-refractivity contribution in [3.05, 3.63) is 58.6 Å². The molecule has 0 aromatic heterocycles. The first kappa shape index (κ1) is 35.3. The molecule has 0 aromatic rings. The largest absolute Gasteiger partial charge is 0.492 e. The summed E-state index contributed by atoms with van der Waals surface area (Å²) < 4.78 is 21.5. The number of ether oxygens (including phenoxy) is 4. The van der Waals surface area contributed by atoms with Crippen LogP contribution in [0.3, 0.4) is 0 Å².